The van der Waals surface area contributed by atoms with Gasteiger partial charge in [0.25, 0.3) is 0 Å². The summed E-state index contributed by atoms with van der Waals surface area (Å²) < 4.78 is 0. The first-order chi connectivity index (χ1) is 6.20. The standard InChI is InChI=1S/C11H15NO/c1-9(2)13-12-8-11-7-5-4-6-10(11)3/h4-9H,1-3H3. The van der Waals surface area contributed by atoms with Crippen molar-refractivity contribution in [3.05, 3.63) is 35.4 Å². The van der Waals surface area contributed by atoms with E-state index in [-0.39, 0.29) is 6.10 Å². The van der Waals surface area contributed by atoms with Crippen LogP contribution >= 0.6 is 0 Å². The van der Waals surface area contributed by atoms with Crippen molar-refractivity contribution in [2.45, 2.75) is 26.9 Å². The first-order valence-corrected chi connectivity index (χ1v) is 4.45. The normalized spacial score (nSPS) is 11.1. The maximum atomic E-state index is 5.07. The number of benzene rings is 1. The van der Waals surface area contributed by atoms with Gasteiger partial charge in [0, 0.05) is 0 Å². The molecular weight excluding hydrogens is 162 g/mol. The summed E-state index contributed by atoms with van der Waals surface area (Å²) in [5, 5.41) is 3.88. The second-order valence-electron chi connectivity index (χ2n) is 3.25. The van der Waals surface area contributed by atoms with Gasteiger partial charge in [-0.05, 0) is 31.9 Å². The molecule has 2 heteroatoms. The molecule has 0 aliphatic carbocycles. The molecule has 0 atom stereocenters. The van der Waals surface area contributed by atoms with Gasteiger partial charge < -0.3 is 4.84 Å². The predicted octanol–water partition coefficient (Wildman–Crippen LogP) is 2.75. The molecule has 0 saturated carbocycles. The molecule has 1 aromatic carbocycles. The van der Waals surface area contributed by atoms with Crippen molar-refractivity contribution < 1.29 is 4.84 Å². The molecule has 0 aliphatic rings. The second kappa shape index (κ2) is 4.65. The van der Waals surface area contributed by atoms with Crippen LogP contribution in [0.2, 0.25) is 0 Å². The quantitative estimate of drug-likeness (QED) is 0.514. The Kier molecular flexibility index (Phi) is 3.50. The summed E-state index contributed by atoms with van der Waals surface area (Å²) in [5.74, 6) is 0. The minimum absolute atomic E-state index is 0.139. The van der Waals surface area contributed by atoms with E-state index in [0.717, 1.165) is 5.56 Å². The van der Waals surface area contributed by atoms with E-state index in [1.165, 1.54) is 5.56 Å². The van der Waals surface area contributed by atoms with Gasteiger partial charge in [-0.3, -0.25) is 0 Å². The van der Waals surface area contributed by atoms with Gasteiger partial charge in [0.2, 0.25) is 0 Å². The second-order valence-corrected chi connectivity index (χ2v) is 3.25. The molecule has 0 aromatic heterocycles. The van der Waals surface area contributed by atoms with Crippen LogP contribution < -0.4 is 0 Å². The smallest absolute Gasteiger partial charge is 0.122 e. The Hall–Kier alpha value is -1.31. The lowest BCUT2D eigenvalue weighted by molar-refractivity contribution is 0.0873. The SMILES string of the molecule is Cc1ccccc1C=NOC(C)C. The Morgan fingerprint density at radius 3 is 2.62 bits per heavy atom. The summed E-state index contributed by atoms with van der Waals surface area (Å²) in [6.07, 6.45) is 1.88. The highest BCUT2D eigenvalue weighted by atomic mass is 16.6. The summed E-state index contributed by atoms with van der Waals surface area (Å²) in [5.41, 5.74) is 2.31. The third-order valence-corrected chi connectivity index (χ3v) is 1.65. The molecule has 0 radical (unpaired) electrons. The molecule has 0 heterocycles. The van der Waals surface area contributed by atoms with Crippen LogP contribution in [0, 0.1) is 6.92 Å². The molecule has 1 rings (SSSR count). The maximum absolute atomic E-state index is 5.07. The van der Waals surface area contributed by atoms with Gasteiger partial charge in [0.15, 0.2) is 0 Å². The van der Waals surface area contributed by atoms with E-state index in [0.29, 0.717) is 0 Å². The highest BCUT2D eigenvalue weighted by Crippen LogP contribution is 2.03. The predicted molar refractivity (Wildman–Crippen MR) is 55.0 cm³/mol. The molecule has 2 nitrogen and oxygen atoms in total. The third-order valence-electron chi connectivity index (χ3n) is 1.65. The Bertz CT molecular complexity index is 292. The van der Waals surface area contributed by atoms with Gasteiger partial charge in [-0.2, -0.15) is 0 Å². The van der Waals surface area contributed by atoms with E-state index in [2.05, 4.69) is 18.1 Å². The van der Waals surface area contributed by atoms with Crippen LogP contribution in [0.1, 0.15) is 25.0 Å². The van der Waals surface area contributed by atoms with Crippen LogP contribution in [0.5, 0.6) is 0 Å². The zero-order chi connectivity index (χ0) is 9.68. The van der Waals surface area contributed by atoms with E-state index < -0.39 is 0 Å². The topological polar surface area (TPSA) is 21.6 Å². The van der Waals surface area contributed by atoms with Crippen molar-refractivity contribution in [2.24, 2.45) is 5.16 Å². The fourth-order valence-corrected chi connectivity index (χ4v) is 0.941. The van der Waals surface area contributed by atoms with Crippen LogP contribution in [0.4, 0.5) is 0 Å². The van der Waals surface area contributed by atoms with Crippen molar-refractivity contribution in [1.82, 2.24) is 0 Å². The van der Waals surface area contributed by atoms with Crippen molar-refractivity contribution in [3.8, 4) is 0 Å². The summed E-state index contributed by atoms with van der Waals surface area (Å²) >= 11 is 0. The van der Waals surface area contributed by atoms with Crippen LogP contribution in [0.25, 0.3) is 0 Å². The fraction of sp³-hybridized carbons (Fsp3) is 0.364. The number of rotatable bonds is 3. The fourth-order valence-electron chi connectivity index (χ4n) is 0.941. The van der Waals surface area contributed by atoms with Crippen molar-refractivity contribution in [3.63, 3.8) is 0 Å². The van der Waals surface area contributed by atoms with Gasteiger partial charge in [-0.25, -0.2) is 0 Å². The number of aryl methyl sites for hydroxylation is 1. The Labute approximate surface area is 79.2 Å². The molecule has 0 unspecified atom stereocenters. The van der Waals surface area contributed by atoms with Crippen LogP contribution in [0.15, 0.2) is 29.4 Å². The molecule has 13 heavy (non-hydrogen) atoms. The monoisotopic (exact) mass is 177 g/mol. The minimum Gasteiger partial charge on any atom is -0.393 e. The van der Waals surface area contributed by atoms with E-state index in [9.17, 15) is 0 Å². The van der Waals surface area contributed by atoms with Gasteiger partial charge in [-0.15, -0.1) is 0 Å². The zero-order valence-electron chi connectivity index (χ0n) is 8.32. The molecule has 1 aromatic rings. The minimum atomic E-state index is 0.139. The highest BCUT2D eigenvalue weighted by Gasteiger charge is 1.92. The number of hydrogen-bond donors (Lipinski definition) is 0. The largest absolute Gasteiger partial charge is 0.393 e. The average Bonchev–Trinajstić information content (AvgIpc) is 2.08. The molecule has 0 saturated heterocycles. The van der Waals surface area contributed by atoms with E-state index in [4.69, 9.17) is 4.84 Å². The third kappa shape index (κ3) is 3.28. The average molecular weight is 177 g/mol. The van der Waals surface area contributed by atoms with Crippen molar-refractivity contribution >= 4 is 6.21 Å². The van der Waals surface area contributed by atoms with Crippen LogP contribution in [-0.4, -0.2) is 12.3 Å². The van der Waals surface area contributed by atoms with E-state index >= 15 is 0 Å². The van der Waals surface area contributed by atoms with Gasteiger partial charge in [-0.1, -0.05) is 29.4 Å². The summed E-state index contributed by atoms with van der Waals surface area (Å²) in [6, 6.07) is 8.07. The van der Waals surface area contributed by atoms with Crippen molar-refractivity contribution in [2.75, 3.05) is 0 Å². The first kappa shape index (κ1) is 9.78. The molecule has 0 N–H and O–H groups in total. The van der Waals surface area contributed by atoms with Crippen molar-refractivity contribution in [1.29, 1.82) is 0 Å². The van der Waals surface area contributed by atoms with E-state index in [1.807, 2.05) is 32.0 Å². The molecular formula is C11H15NO. The summed E-state index contributed by atoms with van der Waals surface area (Å²) in [7, 11) is 0. The molecule has 0 bridgehead atoms. The molecule has 0 spiro atoms. The van der Waals surface area contributed by atoms with Gasteiger partial charge in [0.05, 0.1) is 6.21 Å². The molecule has 70 valence electrons. The number of hydrogen-bond acceptors (Lipinski definition) is 2. The lowest BCUT2D eigenvalue weighted by atomic mass is 10.1. The highest BCUT2D eigenvalue weighted by molar-refractivity contribution is 5.80. The lowest BCUT2D eigenvalue weighted by Crippen LogP contribution is -1.96. The van der Waals surface area contributed by atoms with Gasteiger partial charge in [0.1, 0.15) is 6.10 Å². The number of oxime groups is 1. The number of nitrogens with zero attached hydrogens (tertiary/aromatic N) is 1. The maximum Gasteiger partial charge on any atom is 0.122 e. The van der Waals surface area contributed by atoms with Crippen LogP contribution in [0.3, 0.4) is 0 Å². The Morgan fingerprint density at radius 1 is 1.31 bits per heavy atom. The first-order valence-electron chi connectivity index (χ1n) is 4.45. The summed E-state index contributed by atoms with van der Waals surface area (Å²) in [6.45, 7) is 5.96. The van der Waals surface area contributed by atoms with Gasteiger partial charge >= 0.3 is 0 Å². The van der Waals surface area contributed by atoms with Crippen LogP contribution in [-0.2, 0) is 4.84 Å². The Balaban J connectivity index is 2.63. The molecule has 0 aliphatic heterocycles. The Morgan fingerprint density at radius 2 is 2.00 bits per heavy atom. The zero-order valence-corrected chi connectivity index (χ0v) is 8.32. The lowest BCUT2D eigenvalue weighted by Gasteiger charge is -2.01. The molecule has 0 fully saturated rings. The molecule has 0 amide bonds. The van der Waals surface area contributed by atoms with E-state index in [1.54, 1.807) is 6.21 Å². The summed E-state index contributed by atoms with van der Waals surface area (Å²) in [4.78, 5) is 5.07.